The molecular formula is C15H25N3O2. The second kappa shape index (κ2) is 9.31. The third-order valence-electron chi connectivity index (χ3n) is 2.60. The first-order valence-corrected chi connectivity index (χ1v) is 7.17. The molecule has 20 heavy (non-hydrogen) atoms. The molecule has 0 saturated heterocycles. The Kier molecular flexibility index (Phi) is 7.65. The lowest BCUT2D eigenvalue weighted by Crippen LogP contribution is -2.29. The molecule has 0 unspecified atom stereocenters. The number of aromatic nitrogens is 1. The van der Waals surface area contributed by atoms with E-state index >= 15 is 0 Å². The lowest BCUT2D eigenvalue weighted by molar-refractivity contribution is -0.123. The third kappa shape index (κ3) is 7.09. The van der Waals surface area contributed by atoms with Crippen LogP contribution in [0.1, 0.15) is 32.9 Å². The van der Waals surface area contributed by atoms with Crippen molar-refractivity contribution in [3.05, 3.63) is 24.0 Å². The Balaban J connectivity index is 2.29. The second-order valence-corrected chi connectivity index (χ2v) is 5.15. The smallest absolute Gasteiger partial charge is 0.257 e. The SMILES string of the molecule is CCCNC(=O)COc1ccc(CNCC(C)C)nc1. The van der Waals surface area contributed by atoms with Gasteiger partial charge >= 0.3 is 0 Å². The first kappa shape index (κ1) is 16.4. The molecule has 5 nitrogen and oxygen atoms in total. The number of ether oxygens (including phenoxy) is 1. The number of hydrogen-bond acceptors (Lipinski definition) is 4. The Hall–Kier alpha value is -1.62. The van der Waals surface area contributed by atoms with E-state index in [2.05, 4.69) is 29.5 Å². The normalized spacial score (nSPS) is 10.6. The monoisotopic (exact) mass is 279 g/mol. The van der Waals surface area contributed by atoms with Crippen molar-refractivity contribution in [2.45, 2.75) is 33.7 Å². The molecule has 2 N–H and O–H groups in total. The van der Waals surface area contributed by atoms with Crippen LogP contribution in [0.5, 0.6) is 5.75 Å². The average molecular weight is 279 g/mol. The molecule has 1 heterocycles. The largest absolute Gasteiger partial charge is 0.482 e. The van der Waals surface area contributed by atoms with Crippen molar-refractivity contribution in [3.8, 4) is 5.75 Å². The number of nitrogens with zero attached hydrogens (tertiary/aromatic N) is 1. The van der Waals surface area contributed by atoms with Gasteiger partial charge in [0.25, 0.3) is 5.91 Å². The molecule has 0 saturated carbocycles. The van der Waals surface area contributed by atoms with Gasteiger partial charge in [0.2, 0.25) is 0 Å². The number of carbonyl (C=O) groups is 1. The van der Waals surface area contributed by atoms with Crippen molar-refractivity contribution in [1.82, 2.24) is 15.6 Å². The van der Waals surface area contributed by atoms with Crippen LogP contribution in [0.4, 0.5) is 0 Å². The fraction of sp³-hybridized carbons (Fsp3) is 0.600. The number of pyridine rings is 1. The van der Waals surface area contributed by atoms with E-state index in [-0.39, 0.29) is 12.5 Å². The van der Waals surface area contributed by atoms with E-state index in [1.54, 1.807) is 6.20 Å². The van der Waals surface area contributed by atoms with E-state index in [1.807, 2.05) is 19.1 Å². The summed E-state index contributed by atoms with van der Waals surface area (Å²) in [6, 6.07) is 3.75. The van der Waals surface area contributed by atoms with Crippen LogP contribution >= 0.6 is 0 Å². The topological polar surface area (TPSA) is 63.2 Å². The standard InChI is InChI=1S/C15H25N3O2/c1-4-7-17-15(19)11-20-14-6-5-13(18-10-14)9-16-8-12(2)3/h5-6,10,12,16H,4,7-9,11H2,1-3H3,(H,17,19). The molecule has 0 spiro atoms. The predicted octanol–water partition coefficient (Wildman–Crippen LogP) is 1.73. The van der Waals surface area contributed by atoms with Crippen molar-refractivity contribution in [1.29, 1.82) is 0 Å². The van der Waals surface area contributed by atoms with Gasteiger partial charge in [-0.2, -0.15) is 0 Å². The van der Waals surface area contributed by atoms with Crippen LogP contribution in [0.25, 0.3) is 0 Å². The summed E-state index contributed by atoms with van der Waals surface area (Å²) in [7, 11) is 0. The number of carbonyl (C=O) groups excluding carboxylic acids is 1. The molecule has 0 radical (unpaired) electrons. The van der Waals surface area contributed by atoms with Gasteiger partial charge in [-0.25, -0.2) is 0 Å². The Labute approximate surface area is 121 Å². The predicted molar refractivity (Wildman–Crippen MR) is 79.6 cm³/mol. The maximum Gasteiger partial charge on any atom is 0.257 e. The quantitative estimate of drug-likeness (QED) is 0.722. The van der Waals surface area contributed by atoms with Gasteiger partial charge < -0.3 is 15.4 Å². The first-order valence-electron chi connectivity index (χ1n) is 7.17. The molecule has 5 heteroatoms. The van der Waals surface area contributed by atoms with Crippen LogP contribution in [0, 0.1) is 5.92 Å². The Morgan fingerprint density at radius 3 is 2.80 bits per heavy atom. The van der Waals surface area contributed by atoms with E-state index in [9.17, 15) is 4.79 Å². The fourth-order valence-electron chi connectivity index (χ4n) is 1.55. The maximum absolute atomic E-state index is 11.4. The van der Waals surface area contributed by atoms with E-state index in [0.29, 0.717) is 18.2 Å². The lowest BCUT2D eigenvalue weighted by Gasteiger charge is -2.08. The summed E-state index contributed by atoms with van der Waals surface area (Å²) >= 11 is 0. The van der Waals surface area contributed by atoms with Crippen molar-refractivity contribution < 1.29 is 9.53 Å². The van der Waals surface area contributed by atoms with Gasteiger partial charge in [0, 0.05) is 13.1 Å². The van der Waals surface area contributed by atoms with Crippen LogP contribution in [0.15, 0.2) is 18.3 Å². The maximum atomic E-state index is 11.4. The lowest BCUT2D eigenvalue weighted by atomic mass is 10.2. The summed E-state index contributed by atoms with van der Waals surface area (Å²) in [5, 5.41) is 6.08. The van der Waals surface area contributed by atoms with Crippen LogP contribution in [-0.4, -0.2) is 30.6 Å². The van der Waals surface area contributed by atoms with E-state index in [4.69, 9.17) is 4.74 Å². The molecule has 1 aromatic heterocycles. The molecule has 0 atom stereocenters. The number of rotatable bonds is 9. The highest BCUT2D eigenvalue weighted by Gasteiger charge is 2.02. The van der Waals surface area contributed by atoms with Crippen LogP contribution in [0.2, 0.25) is 0 Å². The van der Waals surface area contributed by atoms with Gasteiger partial charge in [-0.05, 0) is 31.0 Å². The van der Waals surface area contributed by atoms with Gasteiger partial charge in [-0.15, -0.1) is 0 Å². The minimum atomic E-state index is -0.102. The molecule has 0 aromatic carbocycles. The summed E-state index contributed by atoms with van der Waals surface area (Å²) in [6.45, 7) is 8.78. The zero-order chi connectivity index (χ0) is 14.8. The second-order valence-electron chi connectivity index (χ2n) is 5.15. The van der Waals surface area contributed by atoms with Crippen LogP contribution in [0.3, 0.4) is 0 Å². The Morgan fingerprint density at radius 2 is 2.20 bits per heavy atom. The zero-order valence-electron chi connectivity index (χ0n) is 12.6. The molecule has 0 fully saturated rings. The Morgan fingerprint density at radius 1 is 1.40 bits per heavy atom. The van der Waals surface area contributed by atoms with Gasteiger partial charge in [0.1, 0.15) is 5.75 Å². The highest BCUT2D eigenvalue weighted by Crippen LogP contribution is 2.08. The first-order chi connectivity index (χ1) is 9.61. The van der Waals surface area contributed by atoms with Gasteiger partial charge in [-0.3, -0.25) is 9.78 Å². The molecule has 112 valence electrons. The van der Waals surface area contributed by atoms with Gasteiger partial charge in [-0.1, -0.05) is 20.8 Å². The summed E-state index contributed by atoms with van der Waals surface area (Å²) in [6.07, 6.45) is 2.57. The van der Waals surface area contributed by atoms with E-state index < -0.39 is 0 Å². The van der Waals surface area contributed by atoms with Crippen LogP contribution in [-0.2, 0) is 11.3 Å². The highest BCUT2D eigenvalue weighted by molar-refractivity contribution is 5.77. The molecule has 0 aliphatic rings. The fourth-order valence-corrected chi connectivity index (χ4v) is 1.55. The third-order valence-corrected chi connectivity index (χ3v) is 2.60. The molecule has 1 rings (SSSR count). The minimum absolute atomic E-state index is 0.0344. The van der Waals surface area contributed by atoms with Gasteiger partial charge in [0.15, 0.2) is 6.61 Å². The molecule has 0 bridgehead atoms. The van der Waals surface area contributed by atoms with Crippen LogP contribution < -0.4 is 15.4 Å². The molecule has 1 amide bonds. The zero-order valence-corrected chi connectivity index (χ0v) is 12.6. The summed E-state index contributed by atoms with van der Waals surface area (Å²) in [5.41, 5.74) is 0.966. The minimum Gasteiger partial charge on any atom is -0.482 e. The van der Waals surface area contributed by atoms with Crippen molar-refractivity contribution in [3.63, 3.8) is 0 Å². The molecule has 1 aromatic rings. The highest BCUT2D eigenvalue weighted by atomic mass is 16.5. The molecule has 0 aliphatic heterocycles. The summed E-state index contributed by atoms with van der Waals surface area (Å²) in [4.78, 5) is 15.7. The Bertz CT molecular complexity index is 391. The van der Waals surface area contributed by atoms with Crippen molar-refractivity contribution in [2.75, 3.05) is 19.7 Å². The van der Waals surface area contributed by atoms with E-state index in [0.717, 1.165) is 25.2 Å². The summed E-state index contributed by atoms with van der Waals surface area (Å²) in [5.74, 6) is 1.14. The average Bonchev–Trinajstić information content (AvgIpc) is 2.44. The number of hydrogen-bond donors (Lipinski definition) is 2. The molecular weight excluding hydrogens is 254 g/mol. The van der Waals surface area contributed by atoms with E-state index in [1.165, 1.54) is 0 Å². The number of amides is 1. The van der Waals surface area contributed by atoms with Crippen molar-refractivity contribution >= 4 is 5.91 Å². The molecule has 0 aliphatic carbocycles. The number of nitrogens with one attached hydrogen (secondary N) is 2. The van der Waals surface area contributed by atoms with Gasteiger partial charge in [0.05, 0.1) is 11.9 Å². The summed E-state index contributed by atoms with van der Waals surface area (Å²) < 4.78 is 5.37. The van der Waals surface area contributed by atoms with Crippen molar-refractivity contribution in [2.24, 2.45) is 5.92 Å².